The molecule has 1 aromatic carbocycles. The molecule has 2 N–H and O–H groups in total. The number of amides is 1. The Morgan fingerprint density at radius 1 is 1.29 bits per heavy atom. The second-order valence-electron chi connectivity index (χ2n) is 9.29. The monoisotopic (exact) mass is 510 g/mol. The molecular weight excluding hydrogens is 480 g/mol. The van der Waals surface area contributed by atoms with E-state index in [0.717, 1.165) is 0 Å². The maximum Gasteiger partial charge on any atom is 0.404 e. The number of carbonyl (C=O) groups excluding carboxylic acids is 1. The van der Waals surface area contributed by atoms with E-state index in [4.69, 9.17) is 14.3 Å². The third kappa shape index (κ3) is 6.39. The minimum atomic E-state index is -2.09. The van der Waals surface area contributed by atoms with Crippen LogP contribution in [0.5, 0.6) is 0 Å². The summed E-state index contributed by atoms with van der Waals surface area (Å²) in [5, 5.41) is 20.8. The van der Waals surface area contributed by atoms with Gasteiger partial charge in [0.25, 0.3) is 0 Å². The maximum absolute atomic E-state index is 13.8. The summed E-state index contributed by atoms with van der Waals surface area (Å²) in [6.45, 7) is 7.98. The molecule has 1 atom stereocenters. The van der Waals surface area contributed by atoms with Crippen molar-refractivity contribution >= 4 is 36.1 Å². The maximum atomic E-state index is 13.8. The number of methoxy groups -OCH3 is 1. The first kappa shape index (κ1) is 25.5. The summed E-state index contributed by atoms with van der Waals surface area (Å²) in [7, 11) is -0.461. The van der Waals surface area contributed by atoms with Crippen LogP contribution in [0.25, 0.3) is 0 Å². The number of nitriles is 1. The molecule has 1 aliphatic rings. The molecule has 31 heavy (non-hydrogen) atoms. The van der Waals surface area contributed by atoms with Crippen molar-refractivity contribution in [1.82, 2.24) is 5.32 Å². The van der Waals surface area contributed by atoms with Gasteiger partial charge in [-0.3, -0.25) is 4.79 Å². The van der Waals surface area contributed by atoms with E-state index in [2.05, 4.69) is 47.0 Å². The molecule has 170 valence electrons. The van der Waals surface area contributed by atoms with Crippen LogP contribution in [0.2, 0.25) is 19.6 Å². The summed E-state index contributed by atoms with van der Waals surface area (Å²) in [6.07, 6.45) is 1.52. The van der Waals surface area contributed by atoms with Gasteiger partial charge in [0.2, 0.25) is 0 Å². The Balaban J connectivity index is 2.35. The normalized spacial score (nSPS) is 24.8. The average molecular weight is 511 g/mol. The highest BCUT2D eigenvalue weighted by molar-refractivity contribution is 9.10. The van der Waals surface area contributed by atoms with Crippen LogP contribution in [0, 0.1) is 11.3 Å². The fraction of sp³-hybridized carbons (Fsp3) is 0.591. The minimum Gasteiger partial charge on any atom is -0.465 e. The molecule has 0 radical (unpaired) electrons. The first-order valence-corrected chi connectivity index (χ1v) is 14.5. The number of carboxylic acid groups (broad SMARTS) is 1. The van der Waals surface area contributed by atoms with Gasteiger partial charge in [-0.15, -0.1) is 0 Å². The summed E-state index contributed by atoms with van der Waals surface area (Å²) < 4.78 is 13.0. The molecule has 1 saturated carbocycles. The first-order chi connectivity index (χ1) is 14.4. The molecule has 0 saturated heterocycles. The summed E-state index contributed by atoms with van der Waals surface area (Å²) in [4.78, 5) is 24.8. The van der Waals surface area contributed by atoms with Gasteiger partial charge in [-0.1, -0.05) is 15.9 Å². The van der Waals surface area contributed by atoms with Crippen LogP contribution >= 0.6 is 15.9 Å². The lowest BCUT2D eigenvalue weighted by atomic mass is 9.71. The zero-order valence-corrected chi connectivity index (χ0v) is 21.3. The molecule has 0 spiro atoms. The standard InChI is InChI=1S/C22H31BrN2O5Si/c1-15(25-20(27)28)13-21(29-2)8-10-22(11-9-21,30-31(3,4)5)19(26)17-12-16(14-24)6-7-18(17)23/h6-7,12,15,25H,8-11,13H2,1-5H3,(H,27,28)/t15-,21?,22?/m0/s1. The fourth-order valence-electron chi connectivity index (χ4n) is 4.40. The summed E-state index contributed by atoms with van der Waals surface area (Å²) in [5.74, 6) is -0.125. The van der Waals surface area contributed by atoms with Crippen molar-refractivity contribution in [3.8, 4) is 6.07 Å². The van der Waals surface area contributed by atoms with Gasteiger partial charge in [0, 0.05) is 23.2 Å². The van der Waals surface area contributed by atoms with Gasteiger partial charge < -0.3 is 19.6 Å². The zero-order chi connectivity index (χ0) is 23.4. The number of ether oxygens (including phenoxy) is 1. The highest BCUT2D eigenvalue weighted by atomic mass is 79.9. The largest absolute Gasteiger partial charge is 0.465 e. The van der Waals surface area contributed by atoms with Gasteiger partial charge in [0.05, 0.1) is 17.2 Å². The van der Waals surface area contributed by atoms with E-state index in [9.17, 15) is 14.9 Å². The van der Waals surface area contributed by atoms with Gasteiger partial charge in [0.15, 0.2) is 14.1 Å². The van der Waals surface area contributed by atoms with Crippen molar-refractivity contribution in [3.05, 3.63) is 33.8 Å². The zero-order valence-electron chi connectivity index (χ0n) is 18.8. The van der Waals surface area contributed by atoms with Crippen LogP contribution in [-0.4, -0.2) is 49.7 Å². The number of benzene rings is 1. The van der Waals surface area contributed by atoms with Crippen molar-refractivity contribution in [2.45, 2.75) is 75.9 Å². The van der Waals surface area contributed by atoms with Crippen molar-refractivity contribution in [1.29, 1.82) is 5.26 Å². The van der Waals surface area contributed by atoms with E-state index >= 15 is 0 Å². The number of rotatable bonds is 8. The Hall–Kier alpha value is -1.73. The van der Waals surface area contributed by atoms with Crippen molar-refractivity contribution in [2.75, 3.05) is 7.11 Å². The van der Waals surface area contributed by atoms with Gasteiger partial charge in [-0.05, 0) is 76.9 Å². The number of halogens is 1. The Morgan fingerprint density at radius 2 is 1.90 bits per heavy atom. The van der Waals surface area contributed by atoms with Crippen LogP contribution < -0.4 is 5.32 Å². The molecular formula is C22H31BrN2O5Si. The second kappa shape index (κ2) is 9.82. The number of nitrogens with one attached hydrogen (secondary N) is 1. The van der Waals surface area contributed by atoms with E-state index in [1.165, 1.54) is 0 Å². The molecule has 0 bridgehead atoms. The first-order valence-electron chi connectivity index (χ1n) is 10.3. The Kier molecular flexibility index (Phi) is 8.08. The minimum absolute atomic E-state index is 0.125. The number of ketones is 1. The predicted octanol–water partition coefficient (Wildman–Crippen LogP) is 5.10. The molecule has 1 fully saturated rings. The Morgan fingerprint density at radius 3 is 2.39 bits per heavy atom. The number of nitrogens with zero attached hydrogens (tertiary/aromatic N) is 1. The summed E-state index contributed by atoms with van der Waals surface area (Å²) in [5.41, 5.74) is -0.652. The lowest BCUT2D eigenvalue weighted by molar-refractivity contribution is -0.0886. The van der Waals surface area contributed by atoms with Gasteiger partial charge >= 0.3 is 6.09 Å². The Labute approximate surface area is 193 Å². The molecule has 1 aliphatic carbocycles. The highest BCUT2D eigenvalue weighted by Crippen LogP contribution is 2.45. The molecule has 7 nitrogen and oxygen atoms in total. The number of hydrogen-bond acceptors (Lipinski definition) is 5. The fourth-order valence-corrected chi connectivity index (χ4v) is 6.29. The highest BCUT2D eigenvalue weighted by Gasteiger charge is 2.50. The number of Topliss-reactive ketones (excluding diaryl/α,β-unsaturated/α-hetero) is 1. The average Bonchev–Trinajstić information content (AvgIpc) is 2.68. The molecule has 0 aliphatic heterocycles. The number of carbonyl (C=O) groups is 2. The van der Waals surface area contributed by atoms with Crippen LogP contribution in [0.1, 0.15) is 54.9 Å². The summed E-state index contributed by atoms with van der Waals surface area (Å²) in [6, 6.07) is 6.81. The van der Waals surface area contributed by atoms with Gasteiger partial charge in [-0.2, -0.15) is 5.26 Å². The molecule has 0 unspecified atom stereocenters. The van der Waals surface area contributed by atoms with Crippen LogP contribution in [-0.2, 0) is 9.16 Å². The molecule has 1 amide bonds. The quantitative estimate of drug-likeness (QED) is 0.371. The molecule has 0 aromatic heterocycles. The third-order valence-corrected chi connectivity index (χ3v) is 7.40. The van der Waals surface area contributed by atoms with E-state index < -0.39 is 25.6 Å². The van der Waals surface area contributed by atoms with Gasteiger partial charge in [-0.25, -0.2) is 4.79 Å². The van der Waals surface area contributed by atoms with Crippen LogP contribution in [0.15, 0.2) is 22.7 Å². The summed E-state index contributed by atoms with van der Waals surface area (Å²) >= 11 is 3.46. The molecule has 9 heteroatoms. The Bertz CT molecular complexity index is 870. The van der Waals surface area contributed by atoms with Crippen LogP contribution in [0.3, 0.4) is 0 Å². The van der Waals surface area contributed by atoms with E-state index in [1.807, 2.05) is 6.92 Å². The smallest absolute Gasteiger partial charge is 0.404 e. The number of hydrogen-bond donors (Lipinski definition) is 2. The SMILES string of the molecule is COC1(C[C@H](C)NC(=O)O)CCC(O[Si](C)(C)C)(C(=O)c2cc(C#N)ccc2Br)CC1. The molecule has 0 heterocycles. The van der Waals surface area contributed by atoms with Gasteiger partial charge in [0.1, 0.15) is 5.60 Å². The van der Waals surface area contributed by atoms with E-state index in [0.29, 0.717) is 47.7 Å². The van der Waals surface area contributed by atoms with Crippen LogP contribution in [0.4, 0.5) is 4.79 Å². The van der Waals surface area contributed by atoms with Crippen molar-refractivity contribution in [2.24, 2.45) is 0 Å². The predicted molar refractivity (Wildman–Crippen MR) is 124 cm³/mol. The van der Waals surface area contributed by atoms with Crippen molar-refractivity contribution in [3.63, 3.8) is 0 Å². The molecule has 1 aromatic rings. The lowest BCUT2D eigenvalue weighted by Gasteiger charge is -2.48. The third-order valence-electron chi connectivity index (χ3n) is 5.71. The lowest BCUT2D eigenvalue weighted by Crippen LogP contribution is -2.55. The van der Waals surface area contributed by atoms with E-state index in [-0.39, 0.29) is 11.8 Å². The molecule has 2 rings (SSSR count). The second-order valence-corrected chi connectivity index (χ2v) is 14.6. The van der Waals surface area contributed by atoms with E-state index in [1.54, 1.807) is 25.3 Å². The topological polar surface area (TPSA) is 109 Å². The van der Waals surface area contributed by atoms with Crippen molar-refractivity contribution < 1.29 is 23.9 Å².